The van der Waals surface area contributed by atoms with E-state index < -0.39 is 17.8 Å². The molecule has 35 heavy (non-hydrogen) atoms. The summed E-state index contributed by atoms with van der Waals surface area (Å²) in [7, 11) is 0. The second kappa shape index (κ2) is 10.7. The van der Waals surface area contributed by atoms with Crippen LogP contribution in [0.25, 0.3) is 0 Å². The number of carbonyl (C=O) groups is 2. The van der Waals surface area contributed by atoms with E-state index in [0.717, 1.165) is 17.8 Å². The number of pyridine rings is 2. The lowest BCUT2D eigenvalue weighted by molar-refractivity contribution is -0.215. The maximum absolute atomic E-state index is 12.5. The van der Waals surface area contributed by atoms with Gasteiger partial charge in [0.2, 0.25) is 0 Å². The first kappa shape index (κ1) is 23.8. The van der Waals surface area contributed by atoms with Crippen molar-refractivity contribution < 1.29 is 28.5 Å². The molecule has 0 unspecified atom stereocenters. The van der Waals surface area contributed by atoms with E-state index in [2.05, 4.69) is 9.97 Å². The van der Waals surface area contributed by atoms with Crippen molar-refractivity contribution in [3.8, 4) is 11.5 Å². The number of aromatic nitrogens is 2. The summed E-state index contributed by atoms with van der Waals surface area (Å²) in [6.45, 7) is 4.70. The third kappa shape index (κ3) is 5.60. The number of esters is 2. The topological polar surface area (TPSA) is 103 Å². The highest BCUT2D eigenvalue weighted by molar-refractivity contribution is 5.93. The van der Waals surface area contributed by atoms with Gasteiger partial charge in [-0.15, -0.1) is 0 Å². The number of carbonyl (C=O) groups excluding carboxylic acids is 2. The van der Waals surface area contributed by atoms with Gasteiger partial charge in [-0.05, 0) is 20.3 Å². The second-order valence-corrected chi connectivity index (χ2v) is 7.75. The molecule has 1 spiro atoms. The summed E-state index contributed by atoms with van der Waals surface area (Å²) in [5.74, 6) is -2.11. The highest BCUT2D eigenvalue weighted by atomic mass is 16.8. The fourth-order valence-electron chi connectivity index (χ4n) is 3.81. The Morgan fingerprint density at radius 3 is 2.03 bits per heavy atom. The Labute approximate surface area is 203 Å². The molecular formula is C25H26N4O6. The van der Waals surface area contributed by atoms with E-state index in [1.807, 2.05) is 24.8 Å². The van der Waals surface area contributed by atoms with Gasteiger partial charge in [-0.1, -0.05) is 12.2 Å². The third-order valence-corrected chi connectivity index (χ3v) is 5.24. The van der Waals surface area contributed by atoms with Gasteiger partial charge in [0.05, 0.1) is 48.7 Å². The molecule has 10 heteroatoms. The SMILES string of the molecule is C/C=C/Oc1cncc(N2CCCN(c3cncc(O/C=C/C)c3)C3(C2)OC(=O)C=CC(=O)O3)c1. The fourth-order valence-corrected chi connectivity index (χ4v) is 3.81. The summed E-state index contributed by atoms with van der Waals surface area (Å²) in [6.07, 6.45) is 15.8. The van der Waals surface area contributed by atoms with Crippen LogP contribution in [0.1, 0.15) is 20.3 Å². The van der Waals surface area contributed by atoms with Crippen LogP contribution < -0.4 is 19.3 Å². The Bertz CT molecular complexity index is 1140. The molecule has 10 nitrogen and oxygen atoms in total. The minimum atomic E-state index is -1.75. The summed E-state index contributed by atoms with van der Waals surface area (Å²) in [6, 6.07) is 3.57. The first-order chi connectivity index (χ1) is 17.0. The predicted molar refractivity (Wildman–Crippen MR) is 128 cm³/mol. The Kier molecular flexibility index (Phi) is 7.30. The van der Waals surface area contributed by atoms with Crippen LogP contribution in [0.15, 0.2) is 73.7 Å². The van der Waals surface area contributed by atoms with Crippen molar-refractivity contribution >= 4 is 23.3 Å². The van der Waals surface area contributed by atoms with Crippen LogP contribution in [0.5, 0.6) is 11.5 Å². The van der Waals surface area contributed by atoms with Crippen LogP contribution in [0.3, 0.4) is 0 Å². The van der Waals surface area contributed by atoms with E-state index in [4.69, 9.17) is 18.9 Å². The Hall–Kier alpha value is -4.34. The van der Waals surface area contributed by atoms with E-state index in [0.29, 0.717) is 36.7 Å². The van der Waals surface area contributed by atoms with E-state index >= 15 is 0 Å². The van der Waals surface area contributed by atoms with Crippen molar-refractivity contribution in [2.45, 2.75) is 26.2 Å². The lowest BCUT2D eigenvalue weighted by atomic mass is 10.2. The van der Waals surface area contributed by atoms with Crippen LogP contribution in [0.2, 0.25) is 0 Å². The van der Waals surface area contributed by atoms with Crippen molar-refractivity contribution in [2.24, 2.45) is 0 Å². The quantitative estimate of drug-likeness (QED) is 0.454. The molecule has 2 aromatic rings. The smallest absolute Gasteiger partial charge is 0.361 e. The average molecular weight is 479 g/mol. The van der Waals surface area contributed by atoms with E-state index in [1.54, 1.807) is 54.2 Å². The molecule has 1 saturated heterocycles. The van der Waals surface area contributed by atoms with Gasteiger partial charge < -0.3 is 23.8 Å². The maximum Gasteiger partial charge on any atom is 0.361 e. The second-order valence-electron chi connectivity index (χ2n) is 7.75. The minimum Gasteiger partial charge on any atom is -0.464 e. The summed E-state index contributed by atoms with van der Waals surface area (Å²) in [5.41, 5.74) is 1.29. The normalized spacial score (nSPS) is 17.9. The van der Waals surface area contributed by atoms with Crippen LogP contribution >= 0.6 is 0 Å². The first-order valence-electron chi connectivity index (χ1n) is 11.2. The predicted octanol–water partition coefficient (Wildman–Crippen LogP) is 3.33. The molecule has 2 aliphatic heterocycles. The summed E-state index contributed by atoms with van der Waals surface area (Å²) in [4.78, 5) is 37.3. The molecule has 2 aliphatic rings. The molecule has 0 radical (unpaired) electrons. The van der Waals surface area contributed by atoms with Crippen LogP contribution in [0, 0.1) is 0 Å². The molecule has 1 fully saturated rings. The maximum atomic E-state index is 12.5. The molecule has 2 aromatic heterocycles. The molecule has 4 heterocycles. The Balaban J connectivity index is 1.73. The van der Waals surface area contributed by atoms with Crippen LogP contribution in [-0.4, -0.2) is 47.5 Å². The number of rotatable bonds is 6. The average Bonchev–Trinajstić information content (AvgIpc) is 3.13. The van der Waals surface area contributed by atoms with Crippen molar-refractivity contribution in [1.29, 1.82) is 0 Å². The van der Waals surface area contributed by atoms with Gasteiger partial charge in [-0.3, -0.25) is 14.9 Å². The molecule has 0 saturated carbocycles. The molecule has 0 N–H and O–H groups in total. The van der Waals surface area contributed by atoms with E-state index in [-0.39, 0.29) is 6.54 Å². The zero-order valence-electron chi connectivity index (χ0n) is 19.5. The highest BCUT2D eigenvalue weighted by Gasteiger charge is 2.49. The largest absolute Gasteiger partial charge is 0.464 e. The fraction of sp³-hybridized carbons (Fsp3) is 0.280. The Morgan fingerprint density at radius 1 is 0.857 bits per heavy atom. The van der Waals surface area contributed by atoms with Crippen molar-refractivity contribution in [1.82, 2.24) is 9.97 Å². The summed E-state index contributed by atoms with van der Waals surface area (Å²) >= 11 is 0. The van der Waals surface area contributed by atoms with Crippen LogP contribution in [-0.2, 0) is 19.1 Å². The van der Waals surface area contributed by atoms with Gasteiger partial charge in [-0.25, -0.2) is 9.59 Å². The molecule has 0 aromatic carbocycles. The molecule has 0 bridgehead atoms. The number of anilines is 2. The molecule has 182 valence electrons. The van der Waals surface area contributed by atoms with Gasteiger partial charge in [0, 0.05) is 37.4 Å². The van der Waals surface area contributed by atoms with Gasteiger partial charge >= 0.3 is 17.8 Å². The molecule has 4 rings (SSSR count). The highest BCUT2D eigenvalue weighted by Crippen LogP contribution is 2.35. The van der Waals surface area contributed by atoms with Gasteiger partial charge in [-0.2, -0.15) is 0 Å². The number of hydrogen-bond acceptors (Lipinski definition) is 10. The van der Waals surface area contributed by atoms with Gasteiger partial charge in [0.15, 0.2) is 0 Å². The van der Waals surface area contributed by atoms with Crippen LogP contribution in [0.4, 0.5) is 11.4 Å². The lowest BCUT2D eigenvalue weighted by Gasteiger charge is -2.41. The zero-order chi connectivity index (χ0) is 24.7. The Morgan fingerprint density at radius 2 is 1.43 bits per heavy atom. The molecule has 0 aliphatic carbocycles. The number of nitrogens with zero attached hydrogens (tertiary/aromatic N) is 4. The number of hydrogen-bond donors (Lipinski definition) is 0. The monoisotopic (exact) mass is 478 g/mol. The summed E-state index contributed by atoms with van der Waals surface area (Å²) < 4.78 is 22.7. The van der Waals surface area contributed by atoms with Crippen molar-refractivity contribution in [2.75, 3.05) is 29.4 Å². The molecule has 0 amide bonds. The molecular weight excluding hydrogens is 452 g/mol. The van der Waals surface area contributed by atoms with Crippen molar-refractivity contribution in [3.05, 3.63) is 73.7 Å². The minimum absolute atomic E-state index is 0.0286. The first-order valence-corrected chi connectivity index (χ1v) is 11.2. The van der Waals surface area contributed by atoms with E-state index in [1.165, 1.54) is 6.26 Å². The van der Waals surface area contributed by atoms with Gasteiger partial charge in [0.1, 0.15) is 18.0 Å². The number of allylic oxidation sites excluding steroid dienone is 2. The lowest BCUT2D eigenvalue weighted by Crippen LogP contribution is -2.59. The van der Waals surface area contributed by atoms with Crippen molar-refractivity contribution in [3.63, 3.8) is 0 Å². The van der Waals surface area contributed by atoms with E-state index in [9.17, 15) is 9.59 Å². The van der Waals surface area contributed by atoms with Gasteiger partial charge in [0.25, 0.3) is 0 Å². The molecule has 0 atom stereocenters. The standard InChI is InChI=1S/C25H26N4O6/c1-3-10-32-21-12-19(14-26-16-21)28-8-5-9-29(20-13-22(17-27-15-20)33-11-4-2)25(18-28)34-23(30)6-7-24(31)35-25/h3-4,6-7,10-17H,5,8-9,18H2,1-2H3/b10-3+,11-4+. The zero-order valence-corrected chi connectivity index (χ0v) is 19.5. The number of ether oxygens (including phenoxy) is 4. The summed E-state index contributed by atoms with van der Waals surface area (Å²) in [5, 5.41) is 0. The third-order valence-electron chi connectivity index (χ3n) is 5.24.